The van der Waals surface area contributed by atoms with Crippen LogP contribution in [0, 0.1) is 23.6 Å². The number of fused-ring (bicyclic) bond motifs is 5. The van der Waals surface area contributed by atoms with Crippen molar-refractivity contribution < 1.29 is 28.7 Å². The van der Waals surface area contributed by atoms with Crippen molar-refractivity contribution >= 4 is 63.3 Å². The molecule has 10 heteroatoms. The largest absolute Gasteiger partial charge is 0.507 e. The quantitative estimate of drug-likeness (QED) is 0.210. The first-order valence-electron chi connectivity index (χ1n) is 14.5. The number of carbonyl (C=O) groups is 4. The molecule has 6 atom stereocenters. The van der Waals surface area contributed by atoms with Gasteiger partial charge in [0, 0.05) is 16.8 Å². The number of alkyl halides is 2. The van der Waals surface area contributed by atoms with E-state index in [9.17, 15) is 28.7 Å². The number of benzene rings is 3. The van der Waals surface area contributed by atoms with Gasteiger partial charge in [-0.05, 0) is 80.8 Å². The Morgan fingerprint density at radius 3 is 2.18 bits per heavy atom. The van der Waals surface area contributed by atoms with Crippen LogP contribution in [-0.2, 0) is 19.2 Å². The van der Waals surface area contributed by atoms with Crippen LogP contribution in [-0.4, -0.2) is 48.9 Å². The van der Waals surface area contributed by atoms with Gasteiger partial charge in [0.15, 0.2) is 9.75 Å². The lowest BCUT2D eigenvalue weighted by Crippen LogP contribution is -2.60. The summed E-state index contributed by atoms with van der Waals surface area (Å²) in [6.45, 7) is 5.40. The number of halogens is 3. The molecule has 4 aliphatic rings. The molecule has 44 heavy (non-hydrogen) atoms. The predicted molar refractivity (Wildman–Crippen MR) is 164 cm³/mol. The third kappa shape index (κ3) is 3.61. The number of nitrogens with zero attached hydrogens (tertiary/aromatic N) is 2. The van der Waals surface area contributed by atoms with Gasteiger partial charge in [0.1, 0.15) is 11.6 Å². The molecule has 3 fully saturated rings. The lowest BCUT2D eigenvalue weighted by atomic mass is 9.56. The van der Waals surface area contributed by atoms with Crippen LogP contribution in [0.4, 0.5) is 10.1 Å². The Labute approximate surface area is 263 Å². The van der Waals surface area contributed by atoms with Crippen molar-refractivity contribution in [3.05, 3.63) is 83.7 Å². The van der Waals surface area contributed by atoms with Gasteiger partial charge in [-0.2, -0.15) is 0 Å². The predicted octanol–water partition coefficient (Wildman–Crippen LogP) is 6.05. The Kier molecular flexibility index (Phi) is 6.18. The molecule has 3 aromatic carbocycles. The van der Waals surface area contributed by atoms with Crippen molar-refractivity contribution in [3.63, 3.8) is 0 Å². The minimum atomic E-state index is -2.05. The fourth-order valence-corrected chi connectivity index (χ4v) is 8.89. The van der Waals surface area contributed by atoms with Crippen molar-refractivity contribution in [3.8, 4) is 5.75 Å². The van der Waals surface area contributed by atoms with E-state index in [1.807, 2.05) is 6.08 Å². The highest BCUT2D eigenvalue weighted by molar-refractivity contribution is 6.58. The summed E-state index contributed by atoms with van der Waals surface area (Å²) in [4.78, 5) is 54.7. The van der Waals surface area contributed by atoms with E-state index in [4.69, 9.17) is 23.2 Å². The Bertz CT molecular complexity index is 1840. The number of hydrogen-bond acceptors (Lipinski definition) is 5. The van der Waals surface area contributed by atoms with Crippen LogP contribution in [0.3, 0.4) is 0 Å². The highest BCUT2D eigenvalue weighted by atomic mass is 35.5. The maximum Gasteiger partial charge on any atom is 0.258 e. The van der Waals surface area contributed by atoms with E-state index in [2.05, 4.69) is 0 Å². The minimum Gasteiger partial charge on any atom is -0.507 e. The van der Waals surface area contributed by atoms with Crippen LogP contribution in [0.15, 0.2) is 72.3 Å². The molecule has 226 valence electrons. The molecule has 0 aromatic heterocycles. The molecule has 4 amide bonds. The maximum absolute atomic E-state index is 14.5. The zero-order chi connectivity index (χ0) is 31.5. The fraction of sp³-hybridized carbons (Fsp3) is 0.353. The van der Waals surface area contributed by atoms with Gasteiger partial charge in [-0.3, -0.25) is 24.1 Å². The number of anilines is 1. The first kappa shape index (κ1) is 29.0. The van der Waals surface area contributed by atoms with Crippen LogP contribution in [0.25, 0.3) is 10.8 Å². The number of phenols is 1. The average Bonchev–Trinajstić information content (AvgIpc) is 3.32. The van der Waals surface area contributed by atoms with Gasteiger partial charge in [-0.15, -0.1) is 23.2 Å². The highest BCUT2D eigenvalue weighted by Gasteiger charge is 2.76. The number of phenolic OH excluding ortho intramolecular Hbond substituents is 1. The molecule has 0 bridgehead atoms. The summed E-state index contributed by atoms with van der Waals surface area (Å²) in [7, 11) is 0. The normalized spacial score (nSPS) is 31.7. The summed E-state index contributed by atoms with van der Waals surface area (Å²) in [5.74, 6) is -5.80. The number of aromatic hydroxyl groups is 1. The lowest BCUT2D eigenvalue weighted by Gasteiger charge is -2.51. The number of hydrogen-bond donors (Lipinski definition) is 1. The van der Waals surface area contributed by atoms with Crippen molar-refractivity contribution in [2.45, 2.75) is 54.8 Å². The lowest BCUT2D eigenvalue weighted by molar-refractivity contribution is -0.145. The second-order valence-corrected chi connectivity index (χ2v) is 14.4. The van der Waals surface area contributed by atoms with E-state index in [-0.39, 0.29) is 36.1 Å². The zero-order valence-corrected chi connectivity index (χ0v) is 25.7. The standard InChI is InChI=1S/C34H29Cl2FN2O5/c1-32(2,3)39-28(41)23-13-12-22-24(26(23)29(39)42)16-33(35)30(43)38(18-10-8-17(37)9-11-18)31(44)34(33,36)27(22)21-14-15-25(40)20-7-5-4-6-19(20)21/h4-12,14-15,23-24,26-27,40H,13,16H2,1-3H3/t23-,24+,26-,27-,33+,34-/m0/s1. The van der Waals surface area contributed by atoms with Gasteiger partial charge in [0.05, 0.1) is 17.5 Å². The van der Waals surface area contributed by atoms with Crippen LogP contribution in [0.1, 0.15) is 45.1 Å². The van der Waals surface area contributed by atoms with Gasteiger partial charge in [0.2, 0.25) is 11.8 Å². The SMILES string of the molecule is CC(C)(C)N1C(=O)[C@H]2[C@H](CC=C3[C@H]2C[C@@]2(Cl)C(=O)N(c4ccc(F)cc4)C(=O)[C@@]2(Cl)[C@H]3c2ccc(O)c3ccccc23)C1=O. The van der Waals surface area contributed by atoms with Crippen LogP contribution >= 0.6 is 23.2 Å². The van der Waals surface area contributed by atoms with E-state index in [0.29, 0.717) is 21.9 Å². The third-order valence-electron chi connectivity index (χ3n) is 9.81. The molecular formula is C34H29Cl2FN2O5. The summed E-state index contributed by atoms with van der Waals surface area (Å²) < 4.78 is 13.9. The first-order valence-corrected chi connectivity index (χ1v) is 15.3. The van der Waals surface area contributed by atoms with Crippen molar-refractivity contribution in [2.24, 2.45) is 17.8 Å². The van der Waals surface area contributed by atoms with Gasteiger partial charge in [0.25, 0.3) is 11.8 Å². The maximum atomic E-state index is 14.5. The number of allylic oxidation sites excluding steroid dienone is 2. The molecule has 2 aliphatic heterocycles. The van der Waals surface area contributed by atoms with Gasteiger partial charge >= 0.3 is 0 Å². The smallest absolute Gasteiger partial charge is 0.258 e. The molecule has 3 aromatic rings. The number of amides is 4. The Morgan fingerprint density at radius 2 is 1.52 bits per heavy atom. The molecule has 0 spiro atoms. The average molecular weight is 636 g/mol. The summed E-state index contributed by atoms with van der Waals surface area (Å²) in [6, 6.07) is 15.2. The summed E-state index contributed by atoms with van der Waals surface area (Å²) >= 11 is 14.9. The molecule has 7 rings (SSSR count). The second kappa shape index (κ2) is 9.38. The van der Waals surface area contributed by atoms with Gasteiger partial charge in [-0.25, -0.2) is 9.29 Å². The van der Waals surface area contributed by atoms with E-state index in [1.54, 1.807) is 51.1 Å². The van der Waals surface area contributed by atoms with Crippen LogP contribution in [0.5, 0.6) is 5.75 Å². The van der Waals surface area contributed by atoms with Crippen molar-refractivity contribution in [2.75, 3.05) is 4.90 Å². The highest BCUT2D eigenvalue weighted by Crippen LogP contribution is 2.66. The molecule has 1 N–H and O–H groups in total. The minimum absolute atomic E-state index is 0.0225. The fourth-order valence-electron chi connectivity index (χ4n) is 7.96. The second-order valence-electron chi connectivity index (χ2n) is 13.2. The molecule has 0 radical (unpaired) electrons. The molecule has 2 saturated heterocycles. The zero-order valence-electron chi connectivity index (χ0n) is 24.2. The monoisotopic (exact) mass is 634 g/mol. The Hall–Kier alpha value is -3.75. The van der Waals surface area contributed by atoms with E-state index in [0.717, 1.165) is 17.0 Å². The van der Waals surface area contributed by atoms with E-state index < -0.39 is 56.6 Å². The molecule has 7 nitrogen and oxygen atoms in total. The summed E-state index contributed by atoms with van der Waals surface area (Å²) in [5, 5.41) is 11.8. The van der Waals surface area contributed by atoms with Gasteiger partial charge in [-0.1, -0.05) is 42.0 Å². The molecule has 0 unspecified atom stereocenters. The Balaban J connectivity index is 1.48. The topological polar surface area (TPSA) is 95.0 Å². The van der Waals surface area contributed by atoms with E-state index >= 15 is 0 Å². The molecule has 1 saturated carbocycles. The number of likely N-dealkylation sites (tertiary alicyclic amines) is 1. The Morgan fingerprint density at radius 1 is 0.864 bits per heavy atom. The molecule has 2 heterocycles. The van der Waals surface area contributed by atoms with Crippen LogP contribution < -0.4 is 4.90 Å². The summed E-state index contributed by atoms with van der Waals surface area (Å²) in [5.41, 5.74) is 0.568. The number of imide groups is 2. The van der Waals surface area contributed by atoms with Crippen LogP contribution in [0.2, 0.25) is 0 Å². The first-order chi connectivity index (χ1) is 20.7. The molecule has 2 aliphatic carbocycles. The number of carbonyl (C=O) groups excluding carboxylic acids is 4. The van der Waals surface area contributed by atoms with Gasteiger partial charge < -0.3 is 5.11 Å². The van der Waals surface area contributed by atoms with E-state index in [1.165, 1.54) is 23.1 Å². The third-order valence-corrected chi connectivity index (χ3v) is 11.2. The molecular weight excluding hydrogens is 606 g/mol. The summed E-state index contributed by atoms with van der Waals surface area (Å²) in [6.07, 6.45) is 1.98. The van der Waals surface area contributed by atoms with Crippen molar-refractivity contribution in [1.29, 1.82) is 0 Å². The van der Waals surface area contributed by atoms with Crippen molar-refractivity contribution in [1.82, 2.24) is 4.90 Å². The number of rotatable bonds is 2.